The van der Waals surface area contributed by atoms with E-state index in [0.29, 0.717) is 6.61 Å². The summed E-state index contributed by atoms with van der Waals surface area (Å²) in [4.78, 5) is 11.2. The number of rotatable bonds is 5. The fourth-order valence-electron chi connectivity index (χ4n) is 1.75. The third-order valence-electron chi connectivity index (χ3n) is 2.64. The van der Waals surface area contributed by atoms with Crippen LogP contribution in [0.15, 0.2) is 48.1 Å². The maximum atomic E-state index is 11.2. The van der Waals surface area contributed by atoms with Gasteiger partial charge in [-0.15, -0.1) is 0 Å². The minimum absolute atomic E-state index is 0.0407. The van der Waals surface area contributed by atoms with Gasteiger partial charge in [0, 0.05) is 0 Å². The second kappa shape index (κ2) is 7.67. The first-order chi connectivity index (χ1) is 8.65. The van der Waals surface area contributed by atoms with E-state index in [0.717, 1.165) is 17.6 Å². The minimum Gasteiger partial charge on any atom is -0.369 e. The quantitative estimate of drug-likeness (QED) is 0.758. The van der Waals surface area contributed by atoms with Crippen molar-refractivity contribution in [2.24, 2.45) is 0 Å². The van der Waals surface area contributed by atoms with Crippen LogP contribution in [0.4, 0.5) is 0 Å². The molecule has 18 heavy (non-hydrogen) atoms. The first-order valence-corrected chi connectivity index (χ1v) is 6.15. The van der Waals surface area contributed by atoms with Gasteiger partial charge in [0.05, 0.1) is 12.6 Å². The molecule has 1 heterocycles. The van der Waals surface area contributed by atoms with Crippen LogP contribution in [0.2, 0.25) is 0 Å². The standard InChI is InChI=1S/C15H21NO2/c1-4-6-7-13(8-12(3)5-2)9-14-10-18-11-15(17)16-14/h4-8,14H,2,9-11H2,1,3H3,(H,16,17)/b6-4-,12-8-,13-7+. The summed E-state index contributed by atoms with van der Waals surface area (Å²) < 4.78 is 5.23. The Morgan fingerprint density at radius 1 is 1.61 bits per heavy atom. The Bertz CT molecular complexity index is 391. The van der Waals surface area contributed by atoms with Gasteiger partial charge in [0.15, 0.2) is 0 Å². The monoisotopic (exact) mass is 247 g/mol. The van der Waals surface area contributed by atoms with Crippen molar-refractivity contribution in [3.63, 3.8) is 0 Å². The molecule has 1 saturated heterocycles. The van der Waals surface area contributed by atoms with Crippen molar-refractivity contribution in [1.29, 1.82) is 0 Å². The van der Waals surface area contributed by atoms with Crippen LogP contribution in [-0.2, 0) is 9.53 Å². The molecule has 1 aliphatic heterocycles. The summed E-state index contributed by atoms with van der Waals surface area (Å²) in [5.74, 6) is -0.0407. The Kier molecular flexibility index (Phi) is 6.15. The lowest BCUT2D eigenvalue weighted by Gasteiger charge is -2.23. The Morgan fingerprint density at radius 2 is 2.39 bits per heavy atom. The zero-order chi connectivity index (χ0) is 13.4. The number of carbonyl (C=O) groups excluding carboxylic acids is 1. The molecule has 0 bridgehead atoms. The van der Waals surface area contributed by atoms with Crippen LogP contribution in [-0.4, -0.2) is 25.2 Å². The van der Waals surface area contributed by atoms with E-state index < -0.39 is 0 Å². The summed E-state index contributed by atoms with van der Waals surface area (Å²) in [5.41, 5.74) is 2.26. The molecule has 1 atom stereocenters. The molecule has 1 unspecified atom stereocenters. The lowest BCUT2D eigenvalue weighted by atomic mass is 10.0. The van der Waals surface area contributed by atoms with Crippen LogP contribution >= 0.6 is 0 Å². The Morgan fingerprint density at radius 3 is 3.00 bits per heavy atom. The van der Waals surface area contributed by atoms with E-state index >= 15 is 0 Å². The van der Waals surface area contributed by atoms with Gasteiger partial charge in [-0.25, -0.2) is 0 Å². The topological polar surface area (TPSA) is 38.3 Å². The number of morpholine rings is 1. The second-order valence-electron chi connectivity index (χ2n) is 4.34. The Hall–Kier alpha value is -1.61. The van der Waals surface area contributed by atoms with Crippen LogP contribution in [0, 0.1) is 0 Å². The number of ether oxygens (including phenoxy) is 1. The first kappa shape index (κ1) is 14.5. The van der Waals surface area contributed by atoms with Gasteiger partial charge >= 0.3 is 0 Å². The van der Waals surface area contributed by atoms with Gasteiger partial charge in [-0.05, 0) is 25.8 Å². The second-order valence-corrected chi connectivity index (χ2v) is 4.34. The summed E-state index contributed by atoms with van der Waals surface area (Å²) in [5, 5.41) is 2.93. The van der Waals surface area contributed by atoms with Gasteiger partial charge < -0.3 is 10.1 Å². The van der Waals surface area contributed by atoms with Crippen LogP contribution in [0.3, 0.4) is 0 Å². The number of hydrogen-bond acceptors (Lipinski definition) is 2. The maximum Gasteiger partial charge on any atom is 0.246 e. The lowest BCUT2D eigenvalue weighted by Crippen LogP contribution is -2.45. The third kappa shape index (κ3) is 5.15. The van der Waals surface area contributed by atoms with Crippen molar-refractivity contribution in [3.8, 4) is 0 Å². The average Bonchev–Trinajstić information content (AvgIpc) is 2.35. The Balaban J connectivity index is 2.72. The van der Waals surface area contributed by atoms with Gasteiger partial charge in [-0.2, -0.15) is 0 Å². The molecule has 3 heteroatoms. The summed E-state index contributed by atoms with van der Waals surface area (Å²) >= 11 is 0. The zero-order valence-electron chi connectivity index (χ0n) is 11.1. The minimum atomic E-state index is -0.0407. The molecule has 0 saturated carbocycles. The van der Waals surface area contributed by atoms with E-state index in [1.165, 1.54) is 0 Å². The highest BCUT2D eigenvalue weighted by atomic mass is 16.5. The van der Waals surface area contributed by atoms with Crippen molar-refractivity contribution in [1.82, 2.24) is 5.32 Å². The van der Waals surface area contributed by atoms with E-state index in [4.69, 9.17) is 4.74 Å². The first-order valence-electron chi connectivity index (χ1n) is 6.15. The average molecular weight is 247 g/mol. The third-order valence-corrected chi connectivity index (χ3v) is 2.64. The largest absolute Gasteiger partial charge is 0.369 e. The van der Waals surface area contributed by atoms with Crippen LogP contribution < -0.4 is 5.32 Å². The lowest BCUT2D eigenvalue weighted by molar-refractivity contribution is -0.131. The van der Waals surface area contributed by atoms with Gasteiger partial charge in [0.2, 0.25) is 5.91 Å². The number of allylic oxidation sites excluding steroid dienone is 6. The molecule has 1 N–H and O–H groups in total. The predicted octanol–water partition coefficient (Wildman–Crippen LogP) is 2.53. The van der Waals surface area contributed by atoms with Crippen molar-refractivity contribution in [2.45, 2.75) is 26.3 Å². The summed E-state index contributed by atoms with van der Waals surface area (Å²) in [7, 11) is 0. The molecule has 1 fully saturated rings. The molecular weight excluding hydrogens is 226 g/mol. The van der Waals surface area contributed by atoms with E-state index in [9.17, 15) is 4.79 Å². The number of carbonyl (C=O) groups is 1. The smallest absolute Gasteiger partial charge is 0.246 e. The SMILES string of the molecule is C=C\C(C)=C/C(=C\C=C/C)CC1COCC(=O)N1. The van der Waals surface area contributed by atoms with Crippen molar-refractivity contribution < 1.29 is 9.53 Å². The number of hydrogen-bond donors (Lipinski definition) is 1. The highest BCUT2D eigenvalue weighted by Crippen LogP contribution is 2.13. The predicted molar refractivity (Wildman–Crippen MR) is 74.2 cm³/mol. The highest BCUT2D eigenvalue weighted by molar-refractivity contribution is 5.78. The molecule has 1 aliphatic rings. The molecule has 0 aromatic carbocycles. The van der Waals surface area contributed by atoms with Gasteiger partial charge in [-0.1, -0.05) is 42.5 Å². The molecule has 0 aliphatic carbocycles. The molecule has 1 amide bonds. The van der Waals surface area contributed by atoms with Crippen LogP contribution in [0.1, 0.15) is 20.3 Å². The molecular formula is C15H21NO2. The van der Waals surface area contributed by atoms with Gasteiger partial charge in [0.25, 0.3) is 0 Å². The van der Waals surface area contributed by atoms with Gasteiger partial charge in [-0.3, -0.25) is 4.79 Å². The van der Waals surface area contributed by atoms with E-state index in [2.05, 4.69) is 18.0 Å². The fraction of sp³-hybridized carbons (Fsp3) is 0.400. The van der Waals surface area contributed by atoms with Gasteiger partial charge in [0.1, 0.15) is 6.61 Å². The molecule has 0 spiro atoms. The molecule has 3 nitrogen and oxygen atoms in total. The van der Waals surface area contributed by atoms with Crippen molar-refractivity contribution >= 4 is 5.91 Å². The van der Waals surface area contributed by atoms with Crippen LogP contribution in [0.25, 0.3) is 0 Å². The molecule has 98 valence electrons. The molecule has 0 aromatic heterocycles. The Labute approximate surface area is 109 Å². The molecule has 0 aromatic rings. The number of amides is 1. The van der Waals surface area contributed by atoms with Crippen molar-refractivity contribution in [2.75, 3.05) is 13.2 Å². The van der Waals surface area contributed by atoms with E-state index in [1.54, 1.807) is 0 Å². The molecule has 1 rings (SSSR count). The maximum absolute atomic E-state index is 11.2. The highest BCUT2D eigenvalue weighted by Gasteiger charge is 2.18. The fourth-order valence-corrected chi connectivity index (χ4v) is 1.75. The van der Waals surface area contributed by atoms with Crippen LogP contribution in [0.5, 0.6) is 0 Å². The van der Waals surface area contributed by atoms with Crippen molar-refractivity contribution in [3.05, 3.63) is 48.1 Å². The molecule has 0 radical (unpaired) electrons. The summed E-state index contributed by atoms with van der Waals surface area (Å²) in [6.45, 7) is 8.47. The zero-order valence-corrected chi connectivity index (χ0v) is 11.1. The number of nitrogens with one attached hydrogen (secondary N) is 1. The van der Waals surface area contributed by atoms with E-state index in [-0.39, 0.29) is 18.6 Å². The summed E-state index contributed by atoms with van der Waals surface area (Å²) in [6.07, 6.45) is 10.7. The summed E-state index contributed by atoms with van der Waals surface area (Å²) in [6, 6.07) is 0.0524. The van der Waals surface area contributed by atoms with E-state index in [1.807, 2.05) is 38.2 Å². The normalized spacial score (nSPS) is 22.1.